The Kier molecular flexibility index (Phi) is 5.48. The van der Waals surface area contributed by atoms with Gasteiger partial charge in [0, 0.05) is 12.4 Å². The van der Waals surface area contributed by atoms with Crippen LogP contribution < -0.4 is 0 Å². The van der Waals surface area contributed by atoms with Crippen molar-refractivity contribution in [2.24, 2.45) is 0 Å². The van der Waals surface area contributed by atoms with E-state index in [2.05, 4.69) is 4.98 Å². The number of halogens is 5. The normalized spacial score (nSPS) is 13.6. The van der Waals surface area contributed by atoms with Gasteiger partial charge in [-0.1, -0.05) is 6.07 Å². The Balaban J connectivity index is 0.000000202. The molecule has 0 N–H and O–H groups in total. The number of hydrogen-bond donors (Lipinski definition) is 0. The SMILES string of the molecule is ClP(Cl)(Cl)(Cl)Cl.c1ccncc1. The predicted octanol–water partition coefficient (Wildman–Crippen LogP) is 5.39. The van der Waals surface area contributed by atoms with E-state index in [0.717, 1.165) is 0 Å². The molecule has 0 unspecified atom stereocenters. The van der Waals surface area contributed by atoms with Crippen LogP contribution in [0.1, 0.15) is 0 Å². The van der Waals surface area contributed by atoms with Crippen molar-refractivity contribution in [3.05, 3.63) is 30.6 Å². The summed E-state index contributed by atoms with van der Waals surface area (Å²) < 4.78 is -3.69. The monoisotopic (exact) mass is 285 g/mol. The van der Waals surface area contributed by atoms with Gasteiger partial charge < -0.3 is 0 Å². The van der Waals surface area contributed by atoms with Crippen molar-refractivity contribution in [1.29, 1.82) is 0 Å². The molecule has 0 radical (unpaired) electrons. The first kappa shape index (κ1) is 13.0. The zero-order chi connectivity index (χ0) is 9.69. The summed E-state index contributed by atoms with van der Waals surface area (Å²) in [7, 11) is 0. The molecule has 1 rings (SSSR count). The quantitative estimate of drug-likeness (QED) is 0.583. The molecule has 7 heteroatoms. The van der Waals surface area contributed by atoms with E-state index in [4.69, 9.17) is 56.2 Å². The van der Waals surface area contributed by atoms with Crippen LogP contribution in [0.4, 0.5) is 0 Å². The minimum atomic E-state index is -3.69. The molecule has 1 nitrogen and oxygen atoms in total. The molecule has 0 amide bonds. The van der Waals surface area contributed by atoms with E-state index in [1.807, 2.05) is 18.2 Å². The van der Waals surface area contributed by atoms with E-state index in [1.165, 1.54) is 0 Å². The van der Waals surface area contributed by atoms with Gasteiger partial charge in [-0.15, -0.1) is 0 Å². The van der Waals surface area contributed by atoms with Crippen molar-refractivity contribution in [1.82, 2.24) is 4.98 Å². The van der Waals surface area contributed by atoms with Crippen LogP contribution in [0.15, 0.2) is 30.6 Å². The van der Waals surface area contributed by atoms with Gasteiger partial charge in [0.1, 0.15) is 0 Å². The molecule has 70 valence electrons. The summed E-state index contributed by atoms with van der Waals surface area (Å²) in [6, 6.07) is 5.72. The van der Waals surface area contributed by atoms with Gasteiger partial charge in [0.05, 0.1) is 0 Å². The van der Waals surface area contributed by atoms with Gasteiger partial charge in [0.25, 0.3) is 0 Å². The van der Waals surface area contributed by atoms with Crippen LogP contribution in [0.25, 0.3) is 0 Å². The van der Waals surface area contributed by atoms with E-state index >= 15 is 0 Å². The van der Waals surface area contributed by atoms with Crippen molar-refractivity contribution in [3.63, 3.8) is 0 Å². The number of nitrogens with zero attached hydrogens (tertiary/aromatic N) is 1. The van der Waals surface area contributed by atoms with Gasteiger partial charge >= 0.3 is 59.6 Å². The fraction of sp³-hybridized carbons (Fsp3) is 0. The molecule has 0 aliphatic carbocycles. The van der Waals surface area contributed by atoms with E-state index in [-0.39, 0.29) is 0 Å². The van der Waals surface area contributed by atoms with Crippen LogP contribution in [-0.2, 0) is 0 Å². The third-order valence-electron chi connectivity index (χ3n) is 0.566. The molecule has 0 aliphatic heterocycles. The first-order valence-corrected chi connectivity index (χ1v) is 9.46. The molecular weight excluding hydrogens is 282 g/mol. The zero-order valence-corrected chi connectivity index (χ0v) is 10.3. The van der Waals surface area contributed by atoms with E-state index in [9.17, 15) is 0 Å². The summed E-state index contributed by atoms with van der Waals surface area (Å²) in [6.07, 6.45) is 3.50. The summed E-state index contributed by atoms with van der Waals surface area (Å²) in [6.45, 7) is 0. The van der Waals surface area contributed by atoms with Gasteiger partial charge in [0.2, 0.25) is 0 Å². The van der Waals surface area contributed by atoms with Crippen molar-refractivity contribution in [3.8, 4) is 0 Å². The maximum atomic E-state index is 4.98. The second kappa shape index (κ2) is 5.05. The second-order valence-electron chi connectivity index (χ2n) is 1.66. The summed E-state index contributed by atoms with van der Waals surface area (Å²) in [4.78, 5) is 3.78. The van der Waals surface area contributed by atoms with Gasteiger partial charge in [-0.25, -0.2) is 0 Å². The smallest absolute Gasteiger partial charge is 0.0267 e. The largest absolute Gasteiger partial charge is 0.265 e. The Labute approximate surface area is 94.8 Å². The fourth-order valence-electron chi connectivity index (χ4n) is 0.313. The molecule has 0 saturated carbocycles. The third kappa shape index (κ3) is 22.5. The zero-order valence-electron chi connectivity index (χ0n) is 5.67. The molecule has 0 aromatic carbocycles. The van der Waals surface area contributed by atoms with Crippen molar-refractivity contribution >= 4 is 59.6 Å². The molecule has 1 heterocycles. The number of pyridine rings is 1. The number of hydrogen-bond acceptors (Lipinski definition) is 1. The maximum absolute atomic E-state index is 4.98. The molecule has 0 spiro atoms. The van der Waals surface area contributed by atoms with Crippen LogP contribution in [0.2, 0.25) is 0 Å². The first-order valence-electron chi connectivity index (χ1n) is 2.69. The summed E-state index contributed by atoms with van der Waals surface area (Å²) in [5.41, 5.74) is 0. The molecule has 0 saturated heterocycles. The average Bonchev–Trinajstić information content (AvgIpc) is 1.86. The van der Waals surface area contributed by atoms with Crippen molar-refractivity contribution in [2.75, 3.05) is 0 Å². The Morgan fingerprint density at radius 1 is 0.750 bits per heavy atom. The minimum Gasteiger partial charge on any atom is -0.265 e. The minimum absolute atomic E-state index is 1.75. The van der Waals surface area contributed by atoms with Gasteiger partial charge in [-0.05, 0) is 12.1 Å². The maximum Gasteiger partial charge on any atom is 0.0267 e. The first-order chi connectivity index (χ1) is 5.24. The second-order valence-corrected chi connectivity index (χ2v) is 18.3. The molecule has 0 aliphatic rings. The Bertz CT molecular complexity index is 175. The number of aromatic nitrogens is 1. The summed E-state index contributed by atoms with van der Waals surface area (Å²) in [5, 5.41) is 0. The van der Waals surface area contributed by atoms with Crippen LogP contribution in [0.5, 0.6) is 0 Å². The molecule has 1 aromatic rings. The van der Waals surface area contributed by atoms with E-state index < -0.39 is 3.37 Å². The van der Waals surface area contributed by atoms with Crippen molar-refractivity contribution < 1.29 is 0 Å². The molecule has 1 aromatic heterocycles. The topological polar surface area (TPSA) is 12.9 Å². The van der Waals surface area contributed by atoms with E-state index in [1.54, 1.807) is 12.4 Å². The van der Waals surface area contributed by atoms with Crippen LogP contribution >= 0.6 is 59.6 Å². The Hall–Kier alpha value is 1.03. The van der Waals surface area contributed by atoms with Crippen LogP contribution in [-0.4, -0.2) is 4.98 Å². The van der Waals surface area contributed by atoms with Gasteiger partial charge in [-0.3, -0.25) is 4.98 Å². The molecular formula is C5H5Cl5NP. The van der Waals surface area contributed by atoms with Gasteiger partial charge in [0.15, 0.2) is 0 Å². The van der Waals surface area contributed by atoms with Crippen LogP contribution in [0.3, 0.4) is 0 Å². The standard InChI is InChI=1S/C5H5N.Cl5P/c1-2-4-6-5-3-1;1-6(2,3,4)5/h1-5H;. The van der Waals surface area contributed by atoms with E-state index in [0.29, 0.717) is 0 Å². The Morgan fingerprint density at radius 3 is 1.17 bits per heavy atom. The molecule has 0 bridgehead atoms. The fourth-order valence-corrected chi connectivity index (χ4v) is 0.313. The predicted molar refractivity (Wildman–Crippen MR) is 60.4 cm³/mol. The summed E-state index contributed by atoms with van der Waals surface area (Å²) in [5.74, 6) is 0. The average molecular weight is 287 g/mol. The Morgan fingerprint density at radius 2 is 1.08 bits per heavy atom. The molecule has 0 fully saturated rings. The summed E-state index contributed by atoms with van der Waals surface area (Å²) >= 11 is 24.9. The molecule has 0 atom stereocenters. The van der Waals surface area contributed by atoms with Crippen molar-refractivity contribution in [2.45, 2.75) is 0 Å². The number of rotatable bonds is 0. The molecule has 12 heavy (non-hydrogen) atoms. The third-order valence-corrected chi connectivity index (χ3v) is 0.566. The van der Waals surface area contributed by atoms with Gasteiger partial charge in [-0.2, -0.15) is 0 Å². The van der Waals surface area contributed by atoms with Crippen LogP contribution in [0, 0.1) is 0 Å².